The summed E-state index contributed by atoms with van der Waals surface area (Å²) >= 11 is 0. The van der Waals surface area contributed by atoms with E-state index >= 15 is 0 Å². The summed E-state index contributed by atoms with van der Waals surface area (Å²) in [6, 6.07) is 0.799. The third-order valence-corrected chi connectivity index (χ3v) is 2.44. The first kappa shape index (κ1) is 9.96. The molecule has 1 fully saturated rings. The molecule has 1 heterocycles. The van der Waals surface area contributed by atoms with Gasteiger partial charge in [0.1, 0.15) is 0 Å². The van der Waals surface area contributed by atoms with Gasteiger partial charge in [-0.15, -0.1) is 0 Å². The fourth-order valence-electron chi connectivity index (χ4n) is 1.67. The van der Waals surface area contributed by atoms with Gasteiger partial charge < -0.3 is 16.4 Å². The van der Waals surface area contributed by atoms with E-state index in [0.717, 1.165) is 26.1 Å². The van der Waals surface area contributed by atoms with E-state index < -0.39 is 0 Å². The van der Waals surface area contributed by atoms with E-state index in [9.17, 15) is 0 Å². The van der Waals surface area contributed by atoms with Crippen molar-refractivity contribution in [3.8, 4) is 0 Å². The molecular weight excluding hydrogens is 150 g/mol. The molecule has 0 aromatic carbocycles. The zero-order valence-corrected chi connectivity index (χ0v) is 7.97. The molecule has 12 heavy (non-hydrogen) atoms. The van der Waals surface area contributed by atoms with Crippen LogP contribution in [0.5, 0.6) is 0 Å². The first-order chi connectivity index (χ1) is 5.84. The van der Waals surface area contributed by atoms with Gasteiger partial charge in [-0.05, 0) is 25.9 Å². The van der Waals surface area contributed by atoms with Crippen molar-refractivity contribution in [2.45, 2.75) is 38.3 Å². The molecule has 0 aromatic rings. The first-order valence-corrected chi connectivity index (χ1v) is 5.04. The molecule has 2 unspecified atom stereocenters. The normalized spacial score (nSPS) is 28.0. The highest BCUT2D eigenvalue weighted by molar-refractivity contribution is 4.82. The Hall–Kier alpha value is -0.120. The van der Waals surface area contributed by atoms with Gasteiger partial charge in [-0.3, -0.25) is 0 Å². The minimum Gasteiger partial charge on any atom is -0.326 e. The summed E-state index contributed by atoms with van der Waals surface area (Å²) in [5.41, 5.74) is 6.03. The van der Waals surface area contributed by atoms with Crippen LogP contribution in [-0.2, 0) is 0 Å². The molecule has 1 aliphatic heterocycles. The second kappa shape index (κ2) is 5.51. The summed E-state index contributed by atoms with van der Waals surface area (Å²) in [6.45, 7) is 5.45. The quantitative estimate of drug-likeness (QED) is 0.563. The lowest BCUT2D eigenvalue weighted by molar-refractivity contribution is 0.417. The summed E-state index contributed by atoms with van der Waals surface area (Å²) in [6.07, 6.45) is 3.52. The van der Waals surface area contributed by atoms with E-state index in [1.54, 1.807) is 0 Å². The van der Waals surface area contributed by atoms with Gasteiger partial charge in [-0.1, -0.05) is 13.3 Å². The molecule has 1 aliphatic rings. The molecule has 0 radical (unpaired) electrons. The van der Waals surface area contributed by atoms with Crippen molar-refractivity contribution in [3.05, 3.63) is 0 Å². The molecule has 0 aromatic heterocycles. The summed E-state index contributed by atoms with van der Waals surface area (Å²) in [5.74, 6) is 0. The maximum absolute atomic E-state index is 6.03. The van der Waals surface area contributed by atoms with E-state index in [2.05, 4.69) is 17.6 Å². The van der Waals surface area contributed by atoms with Crippen LogP contribution in [0.25, 0.3) is 0 Å². The van der Waals surface area contributed by atoms with Gasteiger partial charge in [-0.25, -0.2) is 0 Å². The molecule has 2 atom stereocenters. The molecule has 72 valence electrons. The molecule has 4 N–H and O–H groups in total. The van der Waals surface area contributed by atoms with Crippen molar-refractivity contribution in [1.29, 1.82) is 0 Å². The van der Waals surface area contributed by atoms with E-state index in [1.165, 1.54) is 12.8 Å². The highest BCUT2D eigenvalue weighted by Crippen LogP contribution is 2.00. The van der Waals surface area contributed by atoms with Crippen molar-refractivity contribution >= 4 is 0 Å². The van der Waals surface area contributed by atoms with Gasteiger partial charge >= 0.3 is 0 Å². The van der Waals surface area contributed by atoms with Crippen LogP contribution in [-0.4, -0.2) is 31.7 Å². The average molecular weight is 171 g/mol. The Kier molecular flexibility index (Phi) is 4.58. The third kappa shape index (κ3) is 3.09. The first-order valence-electron chi connectivity index (χ1n) is 5.04. The molecule has 0 saturated carbocycles. The second-order valence-electron chi connectivity index (χ2n) is 3.57. The summed E-state index contributed by atoms with van der Waals surface area (Å²) in [5, 5.41) is 6.87. The maximum atomic E-state index is 6.03. The Morgan fingerprint density at radius 3 is 3.08 bits per heavy atom. The monoisotopic (exact) mass is 171 g/mol. The van der Waals surface area contributed by atoms with Crippen LogP contribution in [0.4, 0.5) is 0 Å². The topological polar surface area (TPSA) is 50.1 Å². The lowest BCUT2D eigenvalue weighted by Gasteiger charge is -2.22. The molecule has 0 spiro atoms. The number of hydrogen-bond acceptors (Lipinski definition) is 3. The second-order valence-corrected chi connectivity index (χ2v) is 3.57. The summed E-state index contributed by atoms with van der Waals surface area (Å²) < 4.78 is 0. The van der Waals surface area contributed by atoms with Crippen molar-refractivity contribution in [1.82, 2.24) is 10.6 Å². The number of nitrogens with one attached hydrogen (secondary N) is 2. The van der Waals surface area contributed by atoms with Crippen LogP contribution in [0.1, 0.15) is 26.2 Å². The molecular formula is C9H21N3. The predicted octanol–water partition coefficient (Wildman–Crippen LogP) is 0.0653. The van der Waals surface area contributed by atoms with Gasteiger partial charge in [-0.2, -0.15) is 0 Å². The van der Waals surface area contributed by atoms with Crippen LogP contribution >= 0.6 is 0 Å². The van der Waals surface area contributed by atoms with Crippen LogP contribution in [0.15, 0.2) is 0 Å². The Morgan fingerprint density at radius 2 is 2.33 bits per heavy atom. The Bertz CT molecular complexity index is 108. The predicted molar refractivity (Wildman–Crippen MR) is 52.2 cm³/mol. The molecule has 3 heteroatoms. The van der Waals surface area contributed by atoms with Crippen LogP contribution < -0.4 is 16.4 Å². The van der Waals surface area contributed by atoms with Crippen molar-refractivity contribution < 1.29 is 0 Å². The van der Waals surface area contributed by atoms with Crippen LogP contribution in [0, 0.1) is 0 Å². The smallest absolute Gasteiger partial charge is 0.0344 e. The molecule has 1 rings (SSSR count). The van der Waals surface area contributed by atoms with Crippen molar-refractivity contribution in [2.75, 3.05) is 19.6 Å². The lowest BCUT2D eigenvalue weighted by Crippen LogP contribution is -2.49. The Labute approximate surface area is 75.1 Å². The molecule has 1 saturated heterocycles. The average Bonchev–Trinajstić information content (AvgIpc) is 2.32. The summed E-state index contributed by atoms with van der Waals surface area (Å²) in [7, 11) is 0. The summed E-state index contributed by atoms with van der Waals surface area (Å²) in [4.78, 5) is 0. The van der Waals surface area contributed by atoms with E-state index in [1.807, 2.05) is 0 Å². The van der Waals surface area contributed by atoms with Gasteiger partial charge in [0, 0.05) is 18.6 Å². The lowest BCUT2D eigenvalue weighted by atomic mass is 10.0. The fourth-order valence-corrected chi connectivity index (χ4v) is 1.67. The van der Waals surface area contributed by atoms with E-state index in [0.29, 0.717) is 12.1 Å². The maximum Gasteiger partial charge on any atom is 0.0344 e. The number of hydrogen-bond donors (Lipinski definition) is 3. The van der Waals surface area contributed by atoms with Crippen molar-refractivity contribution in [2.24, 2.45) is 5.73 Å². The van der Waals surface area contributed by atoms with Crippen LogP contribution in [0.3, 0.4) is 0 Å². The van der Waals surface area contributed by atoms with Gasteiger partial charge in [0.05, 0.1) is 0 Å². The number of nitrogens with two attached hydrogens (primary N) is 1. The molecule has 0 bridgehead atoms. The zero-order chi connectivity index (χ0) is 8.81. The number of rotatable bonds is 3. The van der Waals surface area contributed by atoms with Gasteiger partial charge in [0.25, 0.3) is 0 Å². The Morgan fingerprint density at radius 1 is 1.50 bits per heavy atom. The minimum absolute atomic E-state index is 0.320. The van der Waals surface area contributed by atoms with Crippen LogP contribution in [0.2, 0.25) is 0 Å². The Balaban J connectivity index is 2.27. The van der Waals surface area contributed by atoms with E-state index in [-0.39, 0.29) is 0 Å². The molecule has 0 aliphatic carbocycles. The zero-order valence-electron chi connectivity index (χ0n) is 7.97. The van der Waals surface area contributed by atoms with Gasteiger partial charge in [0.15, 0.2) is 0 Å². The van der Waals surface area contributed by atoms with E-state index in [4.69, 9.17) is 5.73 Å². The van der Waals surface area contributed by atoms with Gasteiger partial charge in [0.2, 0.25) is 0 Å². The largest absolute Gasteiger partial charge is 0.326 e. The standard InChI is InChI=1S/C9H21N3/c1-2-4-8(10)9-7-11-5-3-6-12-9/h8-9,11-12H,2-7,10H2,1H3. The fraction of sp³-hybridized carbons (Fsp3) is 1.00. The highest BCUT2D eigenvalue weighted by atomic mass is 15.0. The minimum atomic E-state index is 0.320. The highest BCUT2D eigenvalue weighted by Gasteiger charge is 2.17. The third-order valence-electron chi connectivity index (χ3n) is 2.44. The molecule has 0 amide bonds. The van der Waals surface area contributed by atoms with Crippen molar-refractivity contribution in [3.63, 3.8) is 0 Å². The SMILES string of the molecule is CCCC(N)C1CNCCCN1. The molecule has 3 nitrogen and oxygen atoms in total.